The van der Waals surface area contributed by atoms with Gasteiger partial charge < -0.3 is 20.5 Å². The van der Waals surface area contributed by atoms with E-state index in [1.165, 1.54) is 6.20 Å². The van der Waals surface area contributed by atoms with E-state index in [9.17, 15) is 23.5 Å². The minimum atomic E-state index is -2.76. The fourth-order valence-electron chi connectivity index (χ4n) is 3.59. The lowest BCUT2D eigenvalue weighted by Gasteiger charge is -2.33. The highest BCUT2D eigenvalue weighted by atomic mass is 19.3. The van der Waals surface area contributed by atoms with Crippen LogP contribution in [0.3, 0.4) is 0 Å². The van der Waals surface area contributed by atoms with E-state index < -0.39 is 41.6 Å². The molecule has 0 aliphatic heterocycles. The minimum Gasteiger partial charge on any atom is -0.444 e. The molecule has 2 atom stereocenters. The Morgan fingerprint density at radius 3 is 2.55 bits per heavy atom. The Balaban J connectivity index is 2.16. The fourth-order valence-corrected chi connectivity index (χ4v) is 3.59. The van der Waals surface area contributed by atoms with Crippen molar-refractivity contribution in [3.05, 3.63) is 23.9 Å². The molecular weight excluding hydrogens is 408 g/mol. The van der Waals surface area contributed by atoms with Crippen molar-refractivity contribution in [3.63, 3.8) is 0 Å². The van der Waals surface area contributed by atoms with Gasteiger partial charge in [-0.15, -0.1) is 0 Å². The molecule has 9 heteroatoms. The van der Waals surface area contributed by atoms with Gasteiger partial charge in [-0.05, 0) is 63.6 Å². The second kappa shape index (κ2) is 10.3. The molecule has 31 heavy (non-hydrogen) atoms. The summed E-state index contributed by atoms with van der Waals surface area (Å²) in [5.74, 6) is -3.55. The predicted octanol–water partition coefficient (Wildman–Crippen LogP) is 4.57. The number of halogens is 2. The van der Waals surface area contributed by atoms with Crippen LogP contribution in [0.2, 0.25) is 0 Å². The van der Waals surface area contributed by atoms with Crippen LogP contribution >= 0.6 is 0 Å². The molecule has 0 spiro atoms. The normalized spacial score (nSPS) is 18.7. The second-order valence-electron chi connectivity index (χ2n) is 9.09. The number of hydrogen-bond acceptors (Lipinski definition) is 5. The number of aliphatic hydroxyl groups excluding tert-OH is 1. The first-order chi connectivity index (χ1) is 14.4. The molecule has 1 heterocycles. The lowest BCUT2D eigenvalue weighted by Crippen LogP contribution is -2.51. The number of aliphatic hydroxyl groups is 1. The first kappa shape index (κ1) is 25.0. The zero-order valence-electron chi connectivity index (χ0n) is 18.6. The van der Waals surface area contributed by atoms with Crippen molar-refractivity contribution in [2.45, 2.75) is 89.9 Å². The number of ether oxygens (including phenoxy) is 1. The van der Waals surface area contributed by atoms with Crippen molar-refractivity contribution < 1.29 is 28.2 Å². The Kier molecular flexibility index (Phi) is 8.34. The van der Waals surface area contributed by atoms with Crippen molar-refractivity contribution in [2.24, 2.45) is 5.92 Å². The molecule has 7 nitrogen and oxygen atoms in total. The third-order valence-corrected chi connectivity index (χ3v) is 5.17. The van der Waals surface area contributed by atoms with Gasteiger partial charge in [0.25, 0.3) is 0 Å². The molecule has 1 aromatic rings. The van der Waals surface area contributed by atoms with E-state index in [1.807, 2.05) is 6.92 Å². The number of alkyl halides is 2. The molecule has 0 saturated heterocycles. The van der Waals surface area contributed by atoms with E-state index in [-0.39, 0.29) is 31.5 Å². The third kappa shape index (κ3) is 8.05. The number of nitrogens with zero attached hydrogens (tertiary/aromatic N) is 1. The molecule has 1 fully saturated rings. The summed E-state index contributed by atoms with van der Waals surface area (Å²) >= 11 is 0. The smallest absolute Gasteiger partial charge is 0.408 e. The highest BCUT2D eigenvalue weighted by molar-refractivity contribution is 5.96. The zero-order valence-corrected chi connectivity index (χ0v) is 18.6. The van der Waals surface area contributed by atoms with Crippen LogP contribution < -0.4 is 10.6 Å². The number of amides is 2. The summed E-state index contributed by atoms with van der Waals surface area (Å²) in [4.78, 5) is 29.4. The average Bonchev–Trinajstić information content (AvgIpc) is 2.65. The molecule has 2 rings (SSSR count). The molecular formula is C22H33F2N3O4. The summed E-state index contributed by atoms with van der Waals surface area (Å²) in [6.07, 6.45) is 0.887. The Morgan fingerprint density at radius 2 is 1.97 bits per heavy atom. The van der Waals surface area contributed by atoms with E-state index in [1.54, 1.807) is 32.9 Å². The highest BCUT2D eigenvalue weighted by Crippen LogP contribution is 2.37. The lowest BCUT2D eigenvalue weighted by atomic mass is 9.81. The number of aromatic nitrogens is 1. The van der Waals surface area contributed by atoms with Gasteiger partial charge in [-0.25, -0.2) is 18.6 Å². The van der Waals surface area contributed by atoms with Crippen molar-refractivity contribution in [1.29, 1.82) is 0 Å². The van der Waals surface area contributed by atoms with E-state index in [2.05, 4.69) is 15.6 Å². The van der Waals surface area contributed by atoms with Gasteiger partial charge in [0.05, 0.1) is 6.10 Å². The van der Waals surface area contributed by atoms with Gasteiger partial charge in [0.2, 0.25) is 11.8 Å². The Labute approximate surface area is 182 Å². The Morgan fingerprint density at radius 1 is 1.32 bits per heavy atom. The molecule has 1 aliphatic rings. The molecule has 174 valence electrons. The third-order valence-electron chi connectivity index (χ3n) is 5.17. The Hall–Kier alpha value is -2.29. The van der Waals surface area contributed by atoms with Crippen LogP contribution in [0.25, 0.3) is 0 Å². The van der Waals surface area contributed by atoms with Crippen LogP contribution in [-0.4, -0.2) is 39.7 Å². The molecule has 1 aliphatic carbocycles. The molecule has 0 radical (unpaired) electrons. The minimum absolute atomic E-state index is 0.101. The van der Waals surface area contributed by atoms with E-state index in [4.69, 9.17) is 4.74 Å². The topological polar surface area (TPSA) is 101 Å². The van der Waals surface area contributed by atoms with Gasteiger partial charge in [-0.2, -0.15) is 0 Å². The summed E-state index contributed by atoms with van der Waals surface area (Å²) in [7, 11) is 0. The SMILES string of the molecule is CCCC(O)c1ccnc(NC(=O)[C@H](NC(=O)OC(C)(C)C)C2CCC(F)(F)CC2)c1. The number of carbonyl (C=O) groups excluding carboxylic acids is 2. The zero-order chi connectivity index (χ0) is 23.2. The number of alkyl carbamates (subject to hydrolysis) is 1. The maximum absolute atomic E-state index is 13.6. The molecule has 0 aromatic carbocycles. The van der Waals surface area contributed by atoms with Gasteiger partial charge in [0, 0.05) is 19.0 Å². The Bertz CT molecular complexity index is 757. The number of hydrogen-bond donors (Lipinski definition) is 3. The van der Waals surface area contributed by atoms with Crippen LogP contribution in [0.4, 0.5) is 19.4 Å². The van der Waals surface area contributed by atoms with Crippen LogP contribution in [0.1, 0.15) is 77.9 Å². The molecule has 2 amide bonds. The van der Waals surface area contributed by atoms with E-state index in [0.29, 0.717) is 12.0 Å². The lowest BCUT2D eigenvalue weighted by molar-refractivity contribution is -0.121. The summed E-state index contributed by atoms with van der Waals surface area (Å²) in [5.41, 5.74) is -0.156. The molecule has 3 N–H and O–H groups in total. The standard InChI is InChI=1S/C22H33F2N3O4/c1-5-6-16(28)15-9-12-25-17(13-15)26-19(29)18(27-20(30)31-21(2,3)4)14-7-10-22(23,24)11-8-14/h9,12-14,16,18,28H,5-8,10-11H2,1-4H3,(H,27,30)(H,25,26,29)/t16?,18-/m1/s1. The summed E-state index contributed by atoms with van der Waals surface area (Å²) < 4.78 is 32.5. The van der Waals surface area contributed by atoms with Crippen molar-refractivity contribution in [3.8, 4) is 0 Å². The first-order valence-corrected chi connectivity index (χ1v) is 10.7. The van der Waals surface area contributed by atoms with Gasteiger partial charge in [-0.3, -0.25) is 4.79 Å². The van der Waals surface area contributed by atoms with Crippen LogP contribution in [0, 0.1) is 5.92 Å². The molecule has 0 bridgehead atoms. The molecule has 1 aromatic heterocycles. The second-order valence-corrected chi connectivity index (χ2v) is 9.09. The van der Waals surface area contributed by atoms with Crippen LogP contribution in [0.15, 0.2) is 18.3 Å². The van der Waals surface area contributed by atoms with Gasteiger partial charge in [0.1, 0.15) is 17.5 Å². The van der Waals surface area contributed by atoms with Crippen molar-refractivity contribution in [2.75, 3.05) is 5.32 Å². The predicted molar refractivity (Wildman–Crippen MR) is 113 cm³/mol. The van der Waals surface area contributed by atoms with Crippen LogP contribution in [-0.2, 0) is 9.53 Å². The van der Waals surface area contributed by atoms with Crippen molar-refractivity contribution >= 4 is 17.8 Å². The van der Waals surface area contributed by atoms with E-state index in [0.717, 1.165) is 6.42 Å². The summed E-state index contributed by atoms with van der Waals surface area (Å²) in [6.45, 7) is 7.03. The number of pyridine rings is 1. The van der Waals surface area contributed by atoms with E-state index >= 15 is 0 Å². The van der Waals surface area contributed by atoms with Crippen LogP contribution in [0.5, 0.6) is 0 Å². The van der Waals surface area contributed by atoms with Gasteiger partial charge in [0.15, 0.2) is 0 Å². The summed E-state index contributed by atoms with van der Waals surface area (Å²) in [6, 6.07) is 2.19. The quantitative estimate of drug-likeness (QED) is 0.575. The van der Waals surface area contributed by atoms with Crippen molar-refractivity contribution in [1.82, 2.24) is 10.3 Å². The first-order valence-electron chi connectivity index (χ1n) is 10.7. The van der Waals surface area contributed by atoms with Gasteiger partial charge >= 0.3 is 6.09 Å². The fraction of sp³-hybridized carbons (Fsp3) is 0.682. The largest absolute Gasteiger partial charge is 0.444 e. The monoisotopic (exact) mass is 441 g/mol. The maximum atomic E-state index is 13.6. The molecule has 1 unspecified atom stereocenters. The highest BCUT2D eigenvalue weighted by Gasteiger charge is 2.40. The maximum Gasteiger partial charge on any atom is 0.408 e. The number of anilines is 1. The average molecular weight is 442 g/mol. The number of rotatable bonds is 7. The number of carbonyl (C=O) groups is 2. The summed E-state index contributed by atoms with van der Waals surface area (Å²) in [5, 5.41) is 15.4. The number of nitrogens with one attached hydrogen (secondary N) is 2. The molecule has 1 saturated carbocycles. The van der Waals surface area contributed by atoms with Gasteiger partial charge in [-0.1, -0.05) is 13.3 Å².